The molecule has 5 heteroatoms. The Balaban J connectivity index is 2.76. The van der Waals surface area contributed by atoms with Gasteiger partial charge in [0.2, 0.25) is 0 Å². The van der Waals surface area contributed by atoms with E-state index in [1.165, 1.54) is 0 Å². The van der Waals surface area contributed by atoms with E-state index >= 15 is 0 Å². The van der Waals surface area contributed by atoms with Crippen molar-refractivity contribution in [1.29, 1.82) is 0 Å². The minimum Gasteiger partial charge on any atom is -0.469 e. The van der Waals surface area contributed by atoms with Gasteiger partial charge in [0.25, 0.3) is 12.0 Å². The smallest absolute Gasteiger partial charge is 0.357 e. The molecule has 0 saturated heterocycles. The number of ether oxygens (including phenoxy) is 2. The van der Waals surface area contributed by atoms with Crippen LogP contribution in [0.2, 0.25) is 0 Å². The van der Waals surface area contributed by atoms with Crippen LogP contribution < -0.4 is 10.5 Å². The van der Waals surface area contributed by atoms with E-state index in [2.05, 4.69) is 4.74 Å². The number of rotatable bonds is 4. The molecular weight excluding hydrogens is 198 g/mol. The van der Waals surface area contributed by atoms with E-state index in [1.54, 1.807) is 30.3 Å². The lowest BCUT2D eigenvalue weighted by Crippen LogP contribution is -2.41. The highest BCUT2D eigenvalue weighted by Gasteiger charge is 2.27. The van der Waals surface area contributed by atoms with Crippen molar-refractivity contribution in [3.8, 4) is 5.75 Å². The molecule has 0 radical (unpaired) electrons. The Morgan fingerprint density at radius 1 is 1.27 bits per heavy atom. The van der Waals surface area contributed by atoms with Crippen LogP contribution in [0.15, 0.2) is 30.3 Å². The summed E-state index contributed by atoms with van der Waals surface area (Å²) in [6.07, 6.45) is -1.41. The number of amides is 1. The molecule has 0 fully saturated rings. The molecule has 0 aromatic heterocycles. The van der Waals surface area contributed by atoms with Gasteiger partial charge in [-0.05, 0) is 12.1 Å². The Hall–Kier alpha value is -2.04. The van der Waals surface area contributed by atoms with Crippen molar-refractivity contribution in [3.05, 3.63) is 30.3 Å². The summed E-state index contributed by atoms with van der Waals surface area (Å²) in [5, 5.41) is 0. The van der Waals surface area contributed by atoms with E-state index in [-0.39, 0.29) is 0 Å². The minimum atomic E-state index is -1.41. The van der Waals surface area contributed by atoms with Gasteiger partial charge in [-0.15, -0.1) is 0 Å². The number of carbonyl (C=O) groups excluding carboxylic acids is 2. The molecule has 1 atom stereocenters. The van der Waals surface area contributed by atoms with Crippen LogP contribution >= 0.6 is 0 Å². The molecule has 0 unspecified atom stereocenters. The molecule has 0 spiro atoms. The molecule has 1 aromatic carbocycles. The van der Waals surface area contributed by atoms with Crippen LogP contribution in [0.3, 0.4) is 0 Å². The number of para-hydroxylation sites is 1. The number of benzene rings is 1. The highest BCUT2D eigenvalue weighted by atomic mass is 16.6. The van der Waals surface area contributed by atoms with E-state index in [1.807, 2.05) is 0 Å². The SMILES string of the molecule is COC(=O)[C@@H](Oc1ccccc1)C(N)=O. The van der Waals surface area contributed by atoms with Crippen molar-refractivity contribution < 1.29 is 19.1 Å². The second kappa shape index (κ2) is 4.99. The van der Waals surface area contributed by atoms with Crippen LogP contribution in [0.5, 0.6) is 5.75 Å². The predicted molar refractivity (Wildman–Crippen MR) is 52.1 cm³/mol. The standard InChI is InChI=1S/C10H11NO4/c1-14-10(13)8(9(11)12)15-7-5-3-2-4-6-7/h2-6,8H,1H3,(H2,11,12)/t8-/m0/s1. The lowest BCUT2D eigenvalue weighted by Gasteiger charge is -2.13. The zero-order chi connectivity index (χ0) is 11.3. The highest BCUT2D eigenvalue weighted by Crippen LogP contribution is 2.11. The molecule has 1 aromatic rings. The van der Waals surface area contributed by atoms with Gasteiger partial charge in [-0.2, -0.15) is 0 Å². The van der Waals surface area contributed by atoms with Crippen molar-refractivity contribution in [2.75, 3.05) is 7.11 Å². The maximum atomic E-state index is 11.1. The zero-order valence-electron chi connectivity index (χ0n) is 8.17. The van der Waals surface area contributed by atoms with Gasteiger partial charge in [0, 0.05) is 0 Å². The Bertz CT molecular complexity index is 350. The molecule has 0 saturated carbocycles. The van der Waals surface area contributed by atoms with Gasteiger partial charge >= 0.3 is 5.97 Å². The number of esters is 1. The molecule has 1 rings (SSSR count). The summed E-state index contributed by atoms with van der Waals surface area (Å²) in [6.45, 7) is 0. The first-order valence-corrected chi connectivity index (χ1v) is 4.24. The maximum absolute atomic E-state index is 11.1. The predicted octanol–water partition coefficient (Wildman–Crippen LogP) is 0.0923. The summed E-state index contributed by atoms with van der Waals surface area (Å²) in [7, 11) is 1.16. The number of nitrogens with two attached hydrogens (primary N) is 1. The van der Waals surface area contributed by atoms with Gasteiger partial charge in [0.05, 0.1) is 7.11 Å². The Kier molecular flexibility index (Phi) is 3.68. The van der Waals surface area contributed by atoms with Gasteiger partial charge in [-0.25, -0.2) is 4.79 Å². The number of hydrogen-bond donors (Lipinski definition) is 1. The summed E-state index contributed by atoms with van der Waals surface area (Å²) in [6, 6.07) is 8.43. The first kappa shape index (κ1) is 11.0. The summed E-state index contributed by atoms with van der Waals surface area (Å²) >= 11 is 0. The van der Waals surface area contributed by atoms with Gasteiger partial charge < -0.3 is 15.2 Å². The molecule has 0 aliphatic heterocycles. The fraction of sp³-hybridized carbons (Fsp3) is 0.200. The zero-order valence-corrected chi connectivity index (χ0v) is 8.17. The largest absolute Gasteiger partial charge is 0.469 e. The number of hydrogen-bond acceptors (Lipinski definition) is 4. The topological polar surface area (TPSA) is 78.6 Å². The van der Waals surface area contributed by atoms with Crippen molar-refractivity contribution in [2.24, 2.45) is 5.73 Å². The summed E-state index contributed by atoms with van der Waals surface area (Å²) in [5.41, 5.74) is 5.00. The number of carbonyl (C=O) groups is 2. The van der Waals surface area contributed by atoms with E-state index < -0.39 is 18.0 Å². The Morgan fingerprint density at radius 3 is 2.33 bits per heavy atom. The average Bonchev–Trinajstić information content (AvgIpc) is 2.26. The lowest BCUT2D eigenvalue weighted by atomic mass is 10.3. The lowest BCUT2D eigenvalue weighted by molar-refractivity contribution is -0.153. The van der Waals surface area contributed by atoms with Crippen molar-refractivity contribution in [3.63, 3.8) is 0 Å². The van der Waals surface area contributed by atoms with E-state index in [0.29, 0.717) is 5.75 Å². The maximum Gasteiger partial charge on any atom is 0.357 e. The van der Waals surface area contributed by atoms with Crippen LogP contribution in [0.25, 0.3) is 0 Å². The third-order valence-corrected chi connectivity index (χ3v) is 1.67. The molecule has 0 aliphatic rings. The van der Waals surface area contributed by atoms with Crippen molar-refractivity contribution >= 4 is 11.9 Å². The first-order valence-electron chi connectivity index (χ1n) is 4.24. The second-order valence-electron chi connectivity index (χ2n) is 2.74. The van der Waals surface area contributed by atoms with Gasteiger partial charge in [-0.1, -0.05) is 18.2 Å². The van der Waals surface area contributed by atoms with E-state index in [0.717, 1.165) is 7.11 Å². The molecule has 5 nitrogen and oxygen atoms in total. The fourth-order valence-electron chi connectivity index (χ4n) is 0.965. The normalized spacial score (nSPS) is 11.5. The average molecular weight is 209 g/mol. The molecule has 2 N–H and O–H groups in total. The van der Waals surface area contributed by atoms with Crippen molar-refractivity contribution in [1.82, 2.24) is 0 Å². The van der Waals surface area contributed by atoms with Crippen LogP contribution in [-0.4, -0.2) is 25.1 Å². The Labute approximate surface area is 86.8 Å². The molecule has 1 amide bonds. The third kappa shape index (κ3) is 2.98. The van der Waals surface area contributed by atoms with Crippen LogP contribution in [0.4, 0.5) is 0 Å². The molecular formula is C10H11NO4. The third-order valence-electron chi connectivity index (χ3n) is 1.67. The summed E-state index contributed by atoms with van der Waals surface area (Å²) in [4.78, 5) is 22.0. The van der Waals surface area contributed by atoms with E-state index in [4.69, 9.17) is 10.5 Å². The number of primary amides is 1. The number of methoxy groups -OCH3 is 1. The Morgan fingerprint density at radius 2 is 1.87 bits per heavy atom. The molecule has 0 aliphatic carbocycles. The first-order chi connectivity index (χ1) is 7.15. The molecule has 0 heterocycles. The fourth-order valence-corrected chi connectivity index (χ4v) is 0.965. The quantitative estimate of drug-likeness (QED) is 0.563. The van der Waals surface area contributed by atoms with Crippen LogP contribution in [-0.2, 0) is 14.3 Å². The summed E-state index contributed by atoms with van der Waals surface area (Å²) in [5.74, 6) is -1.32. The van der Waals surface area contributed by atoms with Crippen LogP contribution in [0, 0.1) is 0 Å². The van der Waals surface area contributed by atoms with Crippen LogP contribution in [0.1, 0.15) is 0 Å². The van der Waals surface area contributed by atoms with Gasteiger partial charge in [0.1, 0.15) is 5.75 Å². The van der Waals surface area contributed by atoms with Gasteiger partial charge in [-0.3, -0.25) is 4.79 Å². The van der Waals surface area contributed by atoms with Crippen molar-refractivity contribution in [2.45, 2.75) is 6.10 Å². The van der Waals surface area contributed by atoms with E-state index in [9.17, 15) is 9.59 Å². The summed E-state index contributed by atoms with van der Waals surface area (Å²) < 4.78 is 9.46. The molecule has 80 valence electrons. The molecule has 15 heavy (non-hydrogen) atoms. The second-order valence-corrected chi connectivity index (χ2v) is 2.74. The minimum absolute atomic E-state index is 0.381. The monoisotopic (exact) mass is 209 g/mol. The van der Waals surface area contributed by atoms with Gasteiger partial charge in [0.15, 0.2) is 0 Å². The molecule has 0 bridgehead atoms. The highest BCUT2D eigenvalue weighted by molar-refractivity contribution is 6.00.